The van der Waals surface area contributed by atoms with Crippen LogP contribution in [0.15, 0.2) is 0 Å². The molecule has 0 amide bonds. The molecule has 1 heterocycles. The summed E-state index contributed by atoms with van der Waals surface area (Å²) in [4.78, 5) is 0. The molecule has 0 spiro atoms. The lowest BCUT2D eigenvalue weighted by Crippen LogP contribution is -2.23. The Hall–Kier alpha value is -0.130. The second-order valence-electron chi connectivity index (χ2n) is 3.30. The van der Waals surface area contributed by atoms with Crippen molar-refractivity contribution in [2.75, 3.05) is 19.3 Å². The summed E-state index contributed by atoms with van der Waals surface area (Å²) in [5.74, 6) is 0.326. The van der Waals surface area contributed by atoms with E-state index in [0.717, 1.165) is 17.9 Å². The summed E-state index contributed by atoms with van der Waals surface area (Å²) in [6, 6.07) is 0. The van der Waals surface area contributed by atoms with Crippen LogP contribution in [0.2, 0.25) is 0 Å². The van der Waals surface area contributed by atoms with Gasteiger partial charge in [-0.1, -0.05) is 0 Å². The first-order valence-corrected chi connectivity index (χ1v) is 5.85. The largest absolute Gasteiger partial charge is 0.314 e. The average molecular weight is 193 g/mol. The van der Waals surface area contributed by atoms with Crippen LogP contribution >= 0.6 is 0 Å². The highest BCUT2D eigenvalue weighted by atomic mass is 32.2. The van der Waals surface area contributed by atoms with Gasteiger partial charge in [-0.2, -0.15) is 5.06 Å². The van der Waals surface area contributed by atoms with E-state index >= 15 is 0 Å². The quantitative estimate of drug-likeness (QED) is 0.654. The molecule has 4 nitrogen and oxygen atoms in total. The molecule has 1 aliphatic rings. The first-order chi connectivity index (χ1) is 5.52. The SMILES string of the molecule is CN(O)CCC1CCCS1(=O)=O. The van der Waals surface area contributed by atoms with E-state index in [1.807, 2.05) is 0 Å². The van der Waals surface area contributed by atoms with E-state index in [1.165, 1.54) is 7.05 Å². The van der Waals surface area contributed by atoms with E-state index in [1.54, 1.807) is 0 Å². The Bertz CT molecular complexity index is 235. The zero-order chi connectivity index (χ0) is 9.19. The number of sulfone groups is 1. The predicted molar refractivity (Wildman–Crippen MR) is 45.8 cm³/mol. The number of hydrogen-bond acceptors (Lipinski definition) is 4. The Morgan fingerprint density at radius 1 is 1.58 bits per heavy atom. The molecule has 0 aromatic rings. The molecule has 0 aromatic heterocycles. The molecule has 0 radical (unpaired) electrons. The molecule has 12 heavy (non-hydrogen) atoms. The number of hydrogen-bond donors (Lipinski definition) is 1. The van der Waals surface area contributed by atoms with Crippen molar-refractivity contribution < 1.29 is 13.6 Å². The van der Waals surface area contributed by atoms with Crippen molar-refractivity contribution in [1.29, 1.82) is 0 Å². The van der Waals surface area contributed by atoms with E-state index in [0.29, 0.717) is 18.7 Å². The van der Waals surface area contributed by atoms with Crippen LogP contribution in [0, 0.1) is 0 Å². The third-order valence-corrected chi connectivity index (χ3v) is 4.58. The molecule has 1 fully saturated rings. The minimum atomic E-state index is -2.82. The molecule has 0 saturated carbocycles. The number of rotatable bonds is 3. The maximum atomic E-state index is 11.3. The summed E-state index contributed by atoms with van der Waals surface area (Å²) in [7, 11) is -1.29. The molecule has 1 aliphatic heterocycles. The maximum Gasteiger partial charge on any atom is 0.153 e. The summed E-state index contributed by atoms with van der Waals surface area (Å²) in [6.07, 6.45) is 2.09. The number of nitrogens with zero attached hydrogens (tertiary/aromatic N) is 1. The highest BCUT2D eigenvalue weighted by Crippen LogP contribution is 2.22. The smallest absolute Gasteiger partial charge is 0.153 e. The molecule has 0 bridgehead atoms. The van der Waals surface area contributed by atoms with Gasteiger partial charge in [-0.15, -0.1) is 0 Å². The van der Waals surface area contributed by atoms with Crippen LogP contribution in [-0.4, -0.2) is 43.3 Å². The molecule has 72 valence electrons. The van der Waals surface area contributed by atoms with Crippen molar-refractivity contribution in [3.8, 4) is 0 Å². The van der Waals surface area contributed by atoms with Crippen LogP contribution in [0.5, 0.6) is 0 Å². The van der Waals surface area contributed by atoms with Gasteiger partial charge < -0.3 is 5.21 Å². The van der Waals surface area contributed by atoms with Gasteiger partial charge in [0.1, 0.15) is 0 Å². The summed E-state index contributed by atoms with van der Waals surface area (Å²) < 4.78 is 22.5. The highest BCUT2D eigenvalue weighted by molar-refractivity contribution is 7.92. The Labute approximate surface area is 73.1 Å². The lowest BCUT2D eigenvalue weighted by Gasteiger charge is -2.11. The molecular formula is C7H15NO3S. The van der Waals surface area contributed by atoms with Crippen molar-refractivity contribution in [2.45, 2.75) is 24.5 Å². The van der Waals surface area contributed by atoms with E-state index in [4.69, 9.17) is 5.21 Å². The van der Waals surface area contributed by atoms with Gasteiger partial charge in [0.05, 0.1) is 11.0 Å². The molecule has 0 aliphatic carbocycles. The Balaban J connectivity index is 2.43. The third-order valence-electron chi connectivity index (χ3n) is 2.24. The van der Waals surface area contributed by atoms with Gasteiger partial charge in [-0.25, -0.2) is 8.42 Å². The van der Waals surface area contributed by atoms with Gasteiger partial charge in [0.2, 0.25) is 0 Å². The Kier molecular flexibility index (Phi) is 3.09. The Morgan fingerprint density at radius 3 is 2.67 bits per heavy atom. The summed E-state index contributed by atoms with van der Waals surface area (Å²) in [6.45, 7) is 0.434. The monoisotopic (exact) mass is 193 g/mol. The fraction of sp³-hybridized carbons (Fsp3) is 1.00. The fourth-order valence-electron chi connectivity index (χ4n) is 1.51. The van der Waals surface area contributed by atoms with E-state index in [-0.39, 0.29) is 5.25 Å². The molecule has 5 heteroatoms. The van der Waals surface area contributed by atoms with Crippen LogP contribution in [0.3, 0.4) is 0 Å². The average Bonchev–Trinajstić information content (AvgIpc) is 2.25. The second-order valence-corrected chi connectivity index (χ2v) is 5.70. The van der Waals surface area contributed by atoms with E-state index in [9.17, 15) is 8.42 Å². The van der Waals surface area contributed by atoms with Crippen LogP contribution in [0.4, 0.5) is 0 Å². The molecule has 1 N–H and O–H groups in total. The molecular weight excluding hydrogens is 178 g/mol. The van der Waals surface area contributed by atoms with Crippen LogP contribution < -0.4 is 0 Å². The molecule has 1 unspecified atom stereocenters. The van der Waals surface area contributed by atoms with Gasteiger partial charge in [-0.05, 0) is 19.3 Å². The van der Waals surface area contributed by atoms with Crippen LogP contribution in [0.1, 0.15) is 19.3 Å². The van der Waals surface area contributed by atoms with Gasteiger partial charge in [0.15, 0.2) is 9.84 Å². The van der Waals surface area contributed by atoms with Crippen molar-refractivity contribution >= 4 is 9.84 Å². The van der Waals surface area contributed by atoms with Crippen molar-refractivity contribution in [2.24, 2.45) is 0 Å². The minimum absolute atomic E-state index is 0.216. The first-order valence-electron chi connectivity index (χ1n) is 4.14. The molecule has 1 saturated heterocycles. The van der Waals surface area contributed by atoms with Crippen molar-refractivity contribution in [1.82, 2.24) is 5.06 Å². The van der Waals surface area contributed by atoms with Gasteiger partial charge in [-0.3, -0.25) is 0 Å². The second kappa shape index (κ2) is 3.72. The van der Waals surface area contributed by atoms with Crippen LogP contribution in [-0.2, 0) is 9.84 Å². The lowest BCUT2D eigenvalue weighted by atomic mass is 10.2. The normalized spacial score (nSPS) is 28.1. The molecule has 0 aromatic carbocycles. The highest BCUT2D eigenvalue weighted by Gasteiger charge is 2.30. The zero-order valence-electron chi connectivity index (χ0n) is 7.23. The fourth-order valence-corrected chi connectivity index (χ4v) is 3.41. The topological polar surface area (TPSA) is 57.6 Å². The third kappa shape index (κ3) is 2.43. The summed E-state index contributed by atoms with van der Waals surface area (Å²) in [5.41, 5.74) is 0. The van der Waals surface area contributed by atoms with Gasteiger partial charge >= 0.3 is 0 Å². The maximum absolute atomic E-state index is 11.3. The molecule has 1 rings (SSSR count). The Morgan fingerprint density at radius 2 is 2.25 bits per heavy atom. The van der Waals surface area contributed by atoms with Crippen molar-refractivity contribution in [3.63, 3.8) is 0 Å². The predicted octanol–water partition coefficient (Wildman–Crippen LogP) is 0.275. The van der Waals surface area contributed by atoms with E-state index in [2.05, 4.69) is 0 Å². The standard InChI is InChI=1S/C7H15NO3S/c1-8(9)5-4-7-3-2-6-12(7,10)11/h7,9H,2-6H2,1H3. The van der Waals surface area contributed by atoms with Crippen LogP contribution in [0.25, 0.3) is 0 Å². The summed E-state index contributed by atoms with van der Waals surface area (Å²) in [5, 5.41) is 9.64. The van der Waals surface area contributed by atoms with Crippen molar-refractivity contribution in [3.05, 3.63) is 0 Å². The minimum Gasteiger partial charge on any atom is -0.314 e. The lowest BCUT2D eigenvalue weighted by molar-refractivity contribution is -0.0652. The van der Waals surface area contributed by atoms with Gasteiger partial charge in [0, 0.05) is 13.6 Å². The van der Waals surface area contributed by atoms with Gasteiger partial charge in [0.25, 0.3) is 0 Å². The molecule has 1 atom stereocenters. The zero-order valence-corrected chi connectivity index (χ0v) is 8.05. The first kappa shape index (κ1) is 9.95. The van der Waals surface area contributed by atoms with E-state index < -0.39 is 9.84 Å². The summed E-state index contributed by atoms with van der Waals surface area (Å²) >= 11 is 0. The number of hydroxylamine groups is 2.